The molecule has 0 aromatic carbocycles. The van der Waals surface area contributed by atoms with Crippen LogP contribution in [0.5, 0.6) is 0 Å². The Kier molecular flexibility index (Phi) is 5.73. The molecule has 0 aromatic rings. The van der Waals surface area contributed by atoms with Crippen LogP contribution in [0.25, 0.3) is 0 Å². The molecule has 3 atom stereocenters. The minimum absolute atomic E-state index is 0.0675. The Morgan fingerprint density at radius 1 is 1.50 bits per heavy atom. The lowest BCUT2D eigenvalue weighted by atomic mass is 9.89. The van der Waals surface area contributed by atoms with Gasteiger partial charge in [0.05, 0.1) is 6.61 Å². The van der Waals surface area contributed by atoms with Crippen LogP contribution in [0.15, 0.2) is 0 Å². The molecule has 1 saturated heterocycles. The number of hydrogen-bond donors (Lipinski definition) is 2. The van der Waals surface area contributed by atoms with Crippen molar-refractivity contribution >= 4 is 0 Å². The summed E-state index contributed by atoms with van der Waals surface area (Å²) in [4.78, 5) is 0. The number of aliphatic hydroxyl groups excluding tert-OH is 1. The van der Waals surface area contributed by atoms with E-state index in [0.29, 0.717) is 12.0 Å². The summed E-state index contributed by atoms with van der Waals surface area (Å²) in [6.45, 7) is 8.68. The molecule has 0 spiro atoms. The lowest BCUT2D eigenvalue weighted by Crippen LogP contribution is -2.51. The molecule has 0 saturated carbocycles. The van der Waals surface area contributed by atoms with E-state index in [1.54, 1.807) is 0 Å². The van der Waals surface area contributed by atoms with Gasteiger partial charge in [-0.2, -0.15) is 0 Å². The fraction of sp³-hybridized carbons (Fsp3) is 1.00. The highest BCUT2D eigenvalue weighted by Gasteiger charge is 2.30. The van der Waals surface area contributed by atoms with Crippen molar-refractivity contribution in [3.05, 3.63) is 0 Å². The van der Waals surface area contributed by atoms with Gasteiger partial charge in [0.1, 0.15) is 0 Å². The van der Waals surface area contributed by atoms with Crippen molar-refractivity contribution in [2.24, 2.45) is 5.92 Å². The van der Waals surface area contributed by atoms with Crippen molar-refractivity contribution in [3.63, 3.8) is 0 Å². The molecule has 3 unspecified atom stereocenters. The molecule has 0 bridgehead atoms. The van der Waals surface area contributed by atoms with Crippen LogP contribution in [0.1, 0.15) is 46.5 Å². The predicted octanol–water partition coefficient (Wildman–Crippen LogP) is 1.94. The standard InChI is InChI=1S/C13H27NO2/c1-4-12(11-6-9-16-10-11)14-13(3,5-2)7-8-15/h11-12,14-15H,4-10H2,1-3H3. The molecular weight excluding hydrogens is 202 g/mol. The molecule has 0 aliphatic carbocycles. The quantitative estimate of drug-likeness (QED) is 0.701. The van der Waals surface area contributed by atoms with E-state index in [2.05, 4.69) is 26.1 Å². The van der Waals surface area contributed by atoms with Crippen LogP contribution >= 0.6 is 0 Å². The molecule has 96 valence electrons. The number of hydrogen-bond acceptors (Lipinski definition) is 3. The fourth-order valence-corrected chi connectivity index (χ4v) is 2.47. The summed E-state index contributed by atoms with van der Waals surface area (Å²) in [5, 5.41) is 12.9. The summed E-state index contributed by atoms with van der Waals surface area (Å²) in [6, 6.07) is 0.527. The van der Waals surface area contributed by atoms with Crippen LogP contribution in [0, 0.1) is 5.92 Å². The van der Waals surface area contributed by atoms with E-state index in [9.17, 15) is 0 Å². The van der Waals surface area contributed by atoms with Crippen LogP contribution in [-0.2, 0) is 4.74 Å². The Hall–Kier alpha value is -0.120. The van der Waals surface area contributed by atoms with Crippen molar-refractivity contribution in [3.8, 4) is 0 Å². The maximum Gasteiger partial charge on any atom is 0.0510 e. The smallest absolute Gasteiger partial charge is 0.0510 e. The maximum absolute atomic E-state index is 9.12. The van der Waals surface area contributed by atoms with Crippen LogP contribution in [0.3, 0.4) is 0 Å². The van der Waals surface area contributed by atoms with Gasteiger partial charge in [0.15, 0.2) is 0 Å². The Morgan fingerprint density at radius 2 is 2.25 bits per heavy atom. The first kappa shape index (κ1) is 13.9. The molecule has 1 aliphatic rings. The van der Waals surface area contributed by atoms with Crippen LogP contribution in [-0.4, -0.2) is 36.5 Å². The molecule has 0 amide bonds. The van der Waals surface area contributed by atoms with Crippen molar-refractivity contribution in [1.29, 1.82) is 0 Å². The third-order valence-electron chi connectivity index (χ3n) is 3.95. The normalized spacial score (nSPS) is 26.6. The Balaban J connectivity index is 2.52. The van der Waals surface area contributed by atoms with Gasteiger partial charge >= 0.3 is 0 Å². The van der Waals surface area contributed by atoms with E-state index >= 15 is 0 Å². The van der Waals surface area contributed by atoms with E-state index in [-0.39, 0.29) is 12.1 Å². The van der Waals surface area contributed by atoms with E-state index < -0.39 is 0 Å². The van der Waals surface area contributed by atoms with Gasteiger partial charge in [0.2, 0.25) is 0 Å². The van der Waals surface area contributed by atoms with Crippen molar-refractivity contribution in [2.45, 2.75) is 58.0 Å². The summed E-state index contributed by atoms with van der Waals surface area (Å²) in [7, 11) is 0. The molecule has 2 N–H and O–H groups in total. The van der Waals surface area contributed by atoms with E-state index in [1.165, 1.54) is 6.42 Å². The van der Waals surface area contributed by atoms with Gasteiger partial charge < -0.3 is 15.2 Å². The number of nitrogens with one attached hydrogen (secondary N) is 1. The molecule has 16 heavy (non-hydrogen) atoms. The maximum atomic E-state index is 9.12. The van der Waals surface area contributed by atoms with Gasteiger partial charge in [-0.05, 0) is 38.5 Å². The van der Waals surface area contributed by atoms with Crippen molar-refractivity contribution < 1.29 is 9.84 Å². The van der Waals surface area contributed by atoms with Crippen LogP contribution in [0.2, 0.25) is 0 Å². The monoisotopic (exact) mass is 229 g/mol. The highest BCUT2D eigenvalue weighted by atomic mass is 16.5. The van der Waals surface area contributed by atoms with E-state index in [4.69, 9.17) is 9.84 Å². The Labute approximate surface area is 99.6 Å². The third kappa shape index (κ3) is 3.72. The Morgan fingerprint density at radius 3 is 2.69 bits per heavy atom. The molecular formula is C13H27NO2. The van der Waals surface area contributed by atoms with E-state index in [0.717, 1.165) is 32.5 Å². The Bertz CT molecular complexity index is 192. The third-order valence-corrected chi connectivity index (χ3v) is 3.95. The zero-order valence-corrected chi connectivity index (χ0v) is 11.0. The predicted molar refractivity (Wildman–Crippen MR) is 66.5 cm³/mol. The molecule has 3 nitrogen and oxygen atoms in total. The molecule has 0 aromatic heterocycles. The van der Waals surface area contributed by atoms with Gasteiger partial charge in [-0.3, -0.25) is 0 Å². The first-order chi connectivity index (χ1) is 7.65. The first-order valence-corrected chi connectivity index (χ1v) is 6.61. The minimum Gasteiger partial charge on any atom is -0.396 e. The number of aliphatic hydroxyl groups is 1. The molecule has 1 aliphatic heterocycles. The molecule has 3 heteroatoms. The number of rotatable bonds is 7. The van der Waals surface area contributed by atoms with Crippen LogP contribution in [0.4, 0.5) is 0 Å². The zero-order valence-electron chi connectivity index (χ0n) is 11.0. The summed E-state index contributed by atoms with van der Waals surface area (Å²) in [5.74, 6) is 0.648. The topological polar surface area (TPSA) is 41.5 Å². The minimum atomic E-state index is 0.0675. The average molecular weight is 229 g/mol. The van der Waals surface area contributed by atoms with Crippen LogP contribution < -0.4 is 5.32 Å². The van der Waals surface area contributed by atoms with Gasteiger partial charge in [-0.15, -0.1) is 0 Å². The summed E-state index contributed by atoms with van der Waals surface area (Å²) in [6.07, 6.45) is 4.19. The second-order valence-electron chi connectivity index (χ2n) is 5.17. The van der Waals surface area contributed by atoms with Gasteiger partial charge in [-0.25, -0.2) is 0 Å². The van der Waals surface area contributed by atoms with E-state index in [1.807, 2.05) is 0 Å². The second kappa shape index (κ2) is 6.58. The summed E-state index contributed by atoms with van der Waals surface area (Å²) in [5.41, 5.74) is 0.0675. The summed E-state index contributed by atoms with van der Waals surface area (Å²) < 4.78 is 5.46. The van der Waals surface area contributed by atoms with Gasteiger partial charge in [0.25, 0.3) is 0 Å². The molecule has 1 heterocycles. The largest absolute Gasteiger partial charge is 0.396 e. The number of ether oxygens (including phenoxy) is 1. The lowest BCUT2D eigenvalue weighted by Gasteiger charge is -2.36. The van der Waals surface area contributed by atoms with Crippen molar-refractivity contribution in [1.82, 2.24) is 5.32 Å². The highest BCUT2D eigenvalue weighted by molar-refractivity contribution is 4.88. The summed E-state index contributed by atoms with van der Waals surface area (Å²) >= 11 is 0. The molecule has 1 rings (SSSR count). The molecule has 0 radical (unpaired) electrons. The fourth-order valence-electron chi connectivity index (χ4n) is 2.47. The SMILES string of the molecule is CCC(NC(C)(CC)CCO)C1CCOC1. The van der Waals surface area contributed by atoms with Gasteiger partial charge in [0, 0.05) is 24.8 Å². The van der Waals surface area contributed by atoms with Crippen molar-refractivity contribution in [2.75, 3.05) is 19.8 Å². The average Bonchev–Trinajstić information content (AvgIpc) is 2.80. The second-order valence-corrected chi connectivity index (χ2v) is 5.17. The first-order valence-electron chi connectivity index (χ1n) is 6.61. The lowest BCUT2D eigenvalue weighted by molar-refractivity contribution is 0.154. The molecule has 1 fully saturated rings. The zero-order chi connectivity index (χ0) is 12.0. The highest BCUT2D eigenvalue weighted by Crippen LogP contribution is 2.23. The van der Waals surface area contributed by atoms with Gasteiger partial charge in [-0.1, -0.05) is 13.8 Å².